The minimum atomic E-state index is 0.667. The monoisotopic (exact) mass is 262 g/mol. The summed E-state index contributed by atoms with van der Waals surface area (Å²) >= 11 is 8.90. The lowest BCUT2D eigenvalue weighted by Gasteiger charge is -2.02. The van der Waals surface area contributed by atoms with Gasteiger partial charge in [-0.25, -0.2) is 0 Å². The number of ether oxygens (including phenoxy) is 1. The molecule has 0 heterocycles. The van der Waals surface area contributed by atoms with Crippen LogP contribution in [0.15, 0.2) is 28.7 Å². The van der Waals surface area contributed by atoms with Gasteiger partial charge in [-0.05, 0) is 24.1 Å². The molecule has 0 aliphatic heterocycles. The van der Waals surface area contributed by atoms with Crippen LogP contribution >= 0.6 is 27.5 Å². The van der Waals surface area contributed by atoms with Crippen molar-refractivity contribution in [2.24, 2.45) is 0 Å². The maximum absolute atomic E-state index is 5.52. The van der Waals surface area contributed by atoms with Crippen LogP contribution in [-0.4, -0.2) is 12.5 Å². The third-order valence-electron chi connectivity index (χ3n) is 1.60. The van der Waals surface area contributed by atoms with Crippen molar-refractivity contribution < 1.29 is 4.74 Å². The van der Waals surface area contributed by atoms with Gasteiger partial charge in [-0.3, -0.25) is 0 Å². The fourth-order valence-electron chi connectivity index (χ4n) is 0.927. The largest absolute Gasteiger partial charge is 0.377 e. The Labute approximate surface area is 92.2 Å². The van der Waals surface area contributed by atoms with Crippen molar-refractivity contribution in [2.75, 3.05) is 12.5 Å². The Morgan fingerprint density at radius 3 is 2.54 bits per heavy atom. The van der Waals surface area contributed by atoms with E-state index in [0.29, 0.717) is 12.5 Å². The highest BCUT2D eigenvalue weighted by Crippen LogP contribution is 2.11. The van der Waals surface area contributed by atoms with Gasteiger partial charge in [0.15, 0.2) is 0 Å². The van der Waals surface area contributed by atoms with Crippen LogP contribution in [0.3, 0.4) is 0 Å². The van der Waals surface area contributed by atoms with Crippen LogP contribution in [-0.2, 0) is 11.3 Å². The Morgan fingerprint density at radius 1 is 1.23 bits per heavy atom. The highest BCUT2D eigenvalue weighted by molar-refractivity contribution is 9.10. The van der Waals surface area contributed by atoms with Gasteiger partial charge in [0.1, 0.15) is 0 Å². The number of hydrogen-bond donors (Lipinski definition) is 0. The van der Waals surface area contributed by atoms with Crippen molar-refractivity contribution in [1.29, 1.82) is 0 Å². The van der Waals surface area contributed by atoms with Crippen molar-refractivity contribution in [3.8, 4) is 0 Å². The van der Waals surface area contributed by atoms with Crippen LogP contribution < -0.4 is 0 Å². The lowest BCUT2D eigenvalue weighted by atomic mass is 10.2. The molecule has 3 heteroatoms. The first-order valence-electron chi connectivity index (χ1n) is 4.21. The molecule has 0 saturated carbocycles. The summed E-state index contributed by atoms with van der Waals surface area (Å²) in [7, 11) is 0. The van der Waals surface area contributed by atoms with Crippen molar-refractivity contribution in [3.05, 3.63) is 34.3 Å². The molecule has 0 bridgehead atoms. The standard InChI is InChI=1S/C10H12BrClO/c11-10-4-2-9(3-5-10)8-13-7-1-6-12/h2-5H,1,6-8H2. The average molecular weight is 264 g/mol. The number of benzene rings is 1. The minimum absolute atomic E-state index is 0.667. The van der Waals surface area contributed by atoms with Gasteiger partial charge in [0, 0.05) is 17.0 Å². The summed E-state index contributed by atoms with van der Waals surface area (Å²) in [6, 6.07) is 8.12. The molecule has 0 aromatic heterocycles. The van der Waals surface area contributed by atoms with Crippen LogP contribution in [0.2, 0.25) is 0 Å². The predicted octanol–water partition coefficient (Wildman–Crippen LogP) is 3.59. The molecule has 0 aliphatic carbocycles. The van der Waals surface area contributed by atoms with E-state index in [4.69, 9.17) is 16.3 Å². The van der Waals surface area contributed by atoms with Crippen LogP contribution in [0.1, 0.15) is 12.0 Å². The van der Waals surface area contributed by atoms with Crippen molar-refractivity contribution in [2.45, 2.75) is 13.0 Å². The lowest BCUT2D eigenvalue weighted by molar-refractivity contribution is 0.122. The smallest absolute Gasteiger partial charge is 0.0716 e. The molecule has 0 aliphatic rings. The lowest BCUT2D eigenvalue weighted by Crippen LogP contribution is -1.95. The molecule has 0 amide bonds. The Hall–Kier alpha value is -0.0500. The van der Waals surface area contributed by atoms with Gasteiger partial charge in [0.25, 0.3) is 0 Å². The molecule has 1 aromatic carbocycles. The maximum Gasteiger partial charge on any atom is 0.0716 e. The van der Waals surface area contributed by atoms with E-state index in [1.165, 1.54) is 5.56 Å². The van der Waals surface area contributed by atoms with Gasteiger partial charge >= 0.3 is 0 Å². The topological polar surface area (TPSA) is 9.23 Å². The molecule has 1 nitrogen and oxygen atoms in total. The third kappa shape index (κ3) is 4.65. The van der Waals surface area contributed by atoms with Gasteiger partial charge in [0.2, 0.25) is 0 Å². The summed E-state index contributed by atoms with van der Waals surface area (Å²) in [6.07, 6.45) is 0.915. The molecule has 13 heavy (non-hydrogen) atoms. The van der Waals surface area contributed by atoms with E-state index in [-0.39, 0.29) is 0 Å². The molecule has 0 unspecified atom stereocenters. The maximum atomic E-state index is 5.52. The van der Waals surface area contributed by atoms with Gasteiger partial charge in [-0.2, -0.15) is 0 Å². The van der Waals surface area contributed by atoms with E-state index in [1.807, 2.05) is 24.3 Å². The second-order valence-corrected chi connectivity index (χ2v) is 4.02. The third-order valence-corrected chi connectivity index (χ3v) is 2.40. The summed E-state index contributed by atoms with van der Waals surface area (Å²) in [5.74, 6) is 0.667. The van der Waals surface area contributed by atoms with E-state index in [9.17, 15) is 0 Å². The predicted molar refractivity (Wildman–Crippen MR) is 59.1 cm³/mol. The number of hydrogen-bond acceptors (Lipinski definition) is 1. The van der Waals surface area contributed by atoms with E-state index in [2.05, 4.69) is 15.9 Å². The number of rotatable bonds is 5. The molecule has 0 radical (unpaired) electrons. The van der Waals surface area contributed by atoms with Gasteiger partial charge in [0.05, 0.1) is 6.61 Å². The molecule has 1 aromatic rings. The molecule has 0 fully saturated rings. The zero-order valence-electron chi connectivity index (χ0n) is 7.30. The fraction of sp³-hybridized carbons (Fsp3) is 0.400. The molecule has 72 valence electrons. The molecular formula is C10H12BrClO. The SMILES string of the molecule is ClCCCOCc1ccc(Br)cc1. The first-order valence-corrected chi connectivity index (χ1v) is 5.54. The summed E-state index contributed by atoms with van der Waals surface area (Å²) in [6.45, 7) is 1.41. The summed E-state index contributed by atoms with van der Waals surface area (Å²) < 4.78 is 6.49. The van der Waals surface area contributed by atoms with Crippen molar-refractivity contribution in [3.63, 3.8) is 0 Å². The van der Waals surface area contributed by atoms with E-state index in [0.717, 1.165) is 17.5 Å². The molecule has 0 saturated heterocycles. The molecule has 0 N–H and O–H groups in total. The molecular weight excluding hydrogens is 251 g/mol. The second-order valence-electron chi connectivity index (χ2n) is 2.72. The van der Waals surface area contributed by atoms with Crippen molar-refractivity contribution in [1.82, 2.24) is 0 Å². The van der Waals surface area contributed by atoms with Gasteiger partial charge in [-0.15, -0.1) is 11.6 Å². The van der Waals surface area contributed by atoms with Crippen LogP contribution in [0.4, 0.5) is 0 Å². The average Bonchev–Trinajstić information content (AvgIpc) is 2.15. The summed E-state index contributed by atoms with van der Waals surface area (Å²) in [4.78, 5) is 0. The van der Waals surface area contributed by atoms with Crippen LogP contribution in [0.25, 0.3) is 0 Å². The minimum Gasteiger partial charge on any atom is -0.377 e. The fourth-order valence-corrected chi connectivity index (χ4v) is 1.30. The Bertz CT molecular complexity index is 235. The highest BCUT2D eigenvalue weighted by Gasteiger charge is 1.92. The normalized spacial score (nSPS) is 10.3. The first-order chi connectivity index (χ1) is 6.33. The Morgan fingerprint density at radius 2 is 1.92 bits per heavy atom. The van der Waals surface area contributed by atoms with E-state index < -0.39 is 0 Å². The Kier molecular flexibility index (Phi) is 5.44. The molecule has 0 atom stereocenters. The van der Waals surface area contributed by atoms with Crippen molar-refractivity contribution >= 4 is 27.5 Å². The highest BCUT2D eigenvalue weighted by atomic mass is 79.9. The second kappa shape index (κ2) is 6.41. The van der Waals surface area contributed by atoms with Crippen LogP contribution in [0, 0.1) is 0 Å². The zero-order valence-corrected chi connectivity index (χ0v) is 9.64. The summed E-state index contributed by atoms with van der Waals surface area (Å²) in [5, 5.41) is 0. The Balaban J connectivity index is 2.25. The quantitative estimate of drug-likeness (QED) is 0.583. The van der Waals surface area contributed by atoms with E-state index >= 15 is 0 Å². The summed E-state index contributed by atoms with van der Waals surface area (Å²) in [5.41, 5.74) is 1.19. The van der Waals surface area contributed by atoms with Crippen LogP contribution in [0.5, 0.6) is 0 Å². The first kappa shape index (κ1) is 11.0. The van der Waals surface area contributed by atoms with E-state index in [1.54, 1.807) is 0 Å². The molecule has 0 spiro atoms. The molecule has 1 rings (SSSR count). The zero-order chi connectivity index (χ0) is 9.52. The van der Waals surface area contributed by atoms with Gasteiger partial charge in [-0.1, -0.05) is 28.1 Å². The van der Waals surface area contributed by atoms with Gasteiger partial charge < -0.3 is 4.74 Å². The number of alkyl halides is 1. The number of halogens is 2.